The molecule has 0 spiro atoms. The van der Waals surface area contributed by atoms with Gasteiger partial charge in [0.05, 0.1) is 17.6 Å². The van der Waals surface area contributed by atoms with Gasteiger partial charge in [-0.3, -0.25) is 15.0 Å². The van der Waals surface area contributed by atoms with Crippen LogP contribution in [0.5, 0.6) is 5.75 Å². The molecule has 19 heavy (non-hydrogen) atoms. The van der Waals surface area contributed by atoms with Crippen LogP contribution in [0.1, 0.15) is 12.8 Å². The number of hydrogen-bond acceptors (Lipinski definition) is 5. The van der Waals surface area contributed by atoms with Crippen LogP contribution in [0.25, 0.3) is 0 Å². The molecule has 6 nitrogen and oxygen atoms in total. The van der Waals surface area contributed by atoms with Crippen LogP contribution in [0.4, 0.5) is 5.69 Å². The maximum atomic E-state index is 10.6. The van der Waals surface area contributed by atoms with Gasteiger partial charge in [0.25, 0.3) is 5.69 Å². The zero-order valence-corrected chi connectivity index (χ0v) is 10.7. The first-order valence-corrected chi connectivity index (χ1v) is 6.43. The van der Waals surface area contributed by atoms with Gasteiger partial charge in [0, 0.05) is 18.7 Å². The second-order valence-electron chi connectivity index (χ2n) is 4.62. The number of nitro groups is 1. The van der Waals surface area contributed by atoms with Crippen molar-refractivity contribution in [1.29, 1.82) is 0 Å². The zero-order chi connectivity index (χ0) is 13.7. The number of non-ortho nitro benzene ring substituents is 1. The Hall–Kier alpha value is -1.66. The molecule has 1 aliphatic heterocycles. The van der Waals surface area contributed by atoms with Gasteiger partial charge in [0.15, 0.2) is 0 Å². The van der Waals surface area contributed by atoms with Crippen LogP contribution >= 0.6 is 0 Å². The topological polar surface area (TPSA) is 75.8 Å². The SMILES string of the molecule is O=[N+]([O-])c1cccc(OCCN2CCC[C@H]2CO)c1. The molecule has 1 aromatic rings. The Morgan fingerprint density at radius 3 is 3.11 bits per heavy atom. The van der Waals surface area contributed by atoms with E-state index in [9.17, 15) is 15.2 Å². The predicted molar refractivity (Wildman–Crippen MR) is 70.3 cm³/mol. The van der Waals surface area contributed by atoms with E-state index in [1.807, 2.05) is 0 Å². The second-order valence-corrected chi connectivity index (χ2v) is 4.62. The normalized spacial score (nSPS) is 19.5. The average molecular weight is 266 g/mol. The predicted octanol–water partition coefficient (Wildman–Crippen LogP) is 1.43. The largest absolute Gasteiger partial charge is 0.492 e. The Morgan fingerprint density at radius 2 is 2.37 bits per heavy atom. The number of aliphatic hydroxyl groups is 1. The average Bonchev–Trinajstić information content (AvgIpc) is 2.86. The van der Waals surface area contributed by atoms with Crippen LogP contribution in [0.2, 0.25) is 0 Å². The summed E-state index contributed by atoms with van der Waals surface area (Å²) >= 11 is 0. The number of aliphatic hydroxyl groups excluding tert-OH is 1. The highest BCUT2D eigenvalue weighted by molar-refractivity contribution is 5.37. The van der Waals surface area contributed by atoms with Gasteiger partial charge in [-0.2, -0.15) is 0 Å². The van der Waals surface area contributed by atoms with Crippen LogP contribution in [0.3, 0.4) is 0 Å². The molecule has 6 heteroatoms. The third-order valence-corrected chi connectivity index (χ3v) is 3.39. The van der Waals surface area contributed by atoms with Crippen molar-refractivity contribution in [1.82, 2.24) is 4.90 Å². The van der Waals surface area contributed by atoms with Gasteiger partial charge in [0.2, 0.25) is 0 Å². The molecule has 1 heterocycles. The summed E-state index contributed by atoms with van der Waals surface area (Å²) in [7, 11) is 0. The number of rotatable bonds is 6. The van der Waals surface area contributed by atoms with Crippen LogP contribution in [0.15, 0.2) is 24.3 Å². The van der Waals surface area contributed by atoms with E-state index in [4.69, 9.17) is 4.74 Å². The van der Waals surface area contributed by atoms with E-state index in [-0.39, 0.29) is 18.3 Å². The molecule has 2 rings (SSSR count). The molecular formula is C13H18N2O4. The maximum absolute atomic E-state index is 10.6. The molecule has 0 aromatic heterocycles. The van der Waals surface area contributed by atoms with Gasteiger partial charge in [0.1, 0.15) is 12.4 Å². The highest BCUT2D eigenvalue weighted by Gasteiger charge is 2.23. The Balaban J connectivity index is 1.82. The van der Waals surface area contributed by atoms with Gasteiger partial charge >= 0.3 is 0 Å². The lowest BCUT2D eigenvalue weighted by Crippen LogP contribution is -2.35. The summed E-state index contributed by atoms with van der Waals surface area (Å²) in [5.41, 5.74) is 0.0342. The number of hydrogen-bond donors (Lipinski definition) is 1. The quantitative estimate of drug-likeness (QED) is 0.622. The molecule has 0 amide bonds. The molecule has 1 N–H and O–H groups in total. The molecule has 0 radical (unpaired) electrons. The Morgan fingerprint density at radius 1 is 1.53 bits per heavy atom. The van der Waals surface area contributed by atoms with E-state index in [0.29, 0.717) is 12.4 Å². The summed E-state index contributed by atoms with van der Waals surface area (Å²) in [5, 5.41) is 19.8. The van der Waals surface area contributed by atoms with Crippen molar-refractivity contribution in [2.75, 3.05) is 26.3 Å². The highest BCUT2D eigenvalue weighted by Crippen LogP contribution is 2.20. The Bertz CT molecular complexity index is 438. The molecule has 0 saturated carbocycles. The van der Waals surface area contributed by atoms with E-state index in [0.717, 1.165) is 25.9 Å². The van der Waals surface area contributed by atoms with Gasteiger partial charge in [-0.15, -0.1) is 0 Å². The molecule has 0 aliphatic carbocycles. The van der Waals surface area contributed by atoms with E-state index in [1.165, 1.54) is 12.1 Å². The molecule has 1 saturated heterocycles. The standard InChI is InChI=1S/C13H18N2O4/c16-10-12-4-2-6-14(12)7-8-19-13-5-1-3-11(9-13)15(17)18/h1,3,5,9,12,16H,2,4,6-8,10H2/t12-/m0/s1. The third kappa shape index (κ3) is 3.65. The smallest absolute Gasteiger partial charge is 0.273 e. The first-order chi connectivity index (χ1) is 9.20. The van der Waals surface area contributed by atoms with Crippen molar-refractivity contribution in [2.24, 2.45) is 0 Å². The summed E-state index contributed by atoms with van der Waals surface area (Å²) < 4.78 is 5.52. The van der Waals surface area contributed by atoms with Crippen molar-refractivity contribution in [2.45, 2.75) is 18.9 Å². The molecular weight excluding hydrogens is 248 g/mol. The fourth-order valence-electron chi connectivity index (χ4n) is 2.36. The minimum atomic E-state index is -0.435. The van der Waals surface area contributed by atoms with Crippen molar-refractivity contribution < 1.29 is 14.8 Å². The van der Waals surface area contributed by atoms with Crippen LogP contribution in [-0.2, 0) is 0 Å². The lowest BCUT2D eigenvalue weighted by molar-refractivity contribution is -0.384. The van der Waals surface area contributed by atoms with Crippen molar-refractivity contribution in [3.05, 3.63) is 34.4 Å². The lowest BCUT2D eigenvalue weighted by atomic mass is 10.2. The van der Waals surface area contributed by atoms with E-state index < -0.39 is 4.92 Å². The summed E-state index contributed by atoms with van der Waals surface area (Å²) in [6, 6.07) is 6.41. The molecule has 1 aromatic carbocycles. The van der Waals surface area contributed by atoms with E-state index >= 15 is 0 Å². The fourth-order valence-corrected chi connectivity index (χ4v) is 2.36. The number of ether oxygens (including phenoxy) is 1. The molecule has 1 atom stereocenters. The summed E-state index contributed by atoms with van der Waals surface area (Å²) in [6.45, 7) is 2.35. The van der Waals surface area contributed by atoms with Gasteiger partial charge in [-0.1, -0.05) is 6.07 Å². The van der Waals surface area contributed by atoms with E-state index in [2.05, 4.69) is 4.90 Å². The third-order valence-electron chi connectivity index (χ3n) is 3.39. The van der Waals surface area contributed by atoms with Crippen LogP contribution in [-0.4, -0.2) is 47.3 Å². The minimum Gasteiger partial charge on any atom is -0.492 e. The summed E-state index contributed by atoms with van der Waals surface area (Å²) in [5.74, 6) is 0.508. The fraction of sp³-hybridized carbons (Fsp3) is 0.538. The van der Waals surface area contributed by atoms with E-state index in [1.54, 1.807) is 12.1 Å². The molecule has 0 bridgehead atoms. The Kier molecular flexibility index (Phi) is 4.70. The minimum absolute atomic E-state index is 0.0342. The van der Waals surface area contributed by atoms with Gasteiger partial charge in [-0.25, -0.2) is 0 Å². The molecule has 1 aliphatic rings. The maximum Gasteiger partial charge on any atom is 0.273 e. The zero-order valence-electron chi connectivity index (χ0n) is 10.7. The summed E-state index contributed by atoms with van der Waals surface area (Å²) in [4.78, 5) is 12.4. The van der Waals surface area contributed by atoms with Crippen molar-refractivity contribution >= 4 is 5.69 Å². The lowest BCUT2D eigenvalue weighted by Gasteiger charge is -2.22. The summed E-state index contributed by atoms with van der Waals surface area (Å²) in [6.07, 6.45) is 2.12. The van der Waals surface area contributed by atoms with Gasteiger partial charge < -0.3 is 9.84 Å². The van der Waals surface area contributed by atoms with Crippen LogP contribution in [0, 0.1) is 10.1 Å². The van der Waals surface area contributed by atoms with Crippen LogP contribution < -0.4 is 4.74 Å². The Labute approximate surface area is 111 Å². The number of nitrogens with zero attached hydrogens (tertiary/aromatic N) is 2. The van der Waals surface area contributed by atoms with Gasteiger partial charge in [-0.05, 0) is 25.5 Å². The number of likely N-dealkylation sites (tertiary alicyclic amines) is 1. The molecule has 104 valence electrons. The van der Waals surface area contributed by atoms with Crippen molar-refractivity contribution in [3.63, 3.8) is 0 Å². The molecule has 1 fully saturated rings. The molecule has 0 unspecified atom stereocenters. The number of benzene rings is 1. The van der Waals surface area contributed by atoms with Crippen molar-refractivity contribution in [3.8, 4) is 5.75 Å². The highest BCUT2D eigenvalue weighted by atomic mass is 16.6. The first kappa shape index (κ1) is 13.8. The first-order valence-electron chi connectivity index (χ1n) is 6.43. The monoisotopic (exact) mass is 266 g/mol. The second kappa shape index (κ2) is 6.49. The number of nitro benzene ring substituents is 1.